The van der Waals surface area contributed by atoms with Gasteiger partial charge in [-0.05, 0) is 43.7 Å². The molecule has 2 rings (SSSR count). The molecule has 2 N–H and O–H groups in total. The minimum absolute atomic E-state index is 0.00804. The Morgan fingerprint density at radius 1 is 1.33 bits per heavy atom. The monoisotopic (exact) mass is 313 g/mol. The molecule has 2 unspecified atom stereocenters. The largest absolute Gasteiger partial charge is 0.377 e. The second-order valence-corrected chi connectivity index (χ2v) is 6.31. The molecule has 1 aliphatic rings. The summed E-state index contributed by atoms with van der Waals surface area (Å²) in [7, 11) is 0. The van der Waals surface area contributed by atoms with Crippen molar-refractivity contribution < 1.29 is 9.13 Å². The fourth-order valence-electron chi connectivity index (χ4n) is 3.34. The highest BCUT2D eigenvalue weighted by atomic mass is 35.5. The third-order valence-corrected chi connectivity index (χ3v) is 4.67. The normalized spacial score (nSPS) is 19.4. The Kier molecular flexibility index (Phi) is 6.46. The molecule has 0 aromatic heterocycles. The van der Waals surface area contributed by atoms with Crippen LogP contribution in [0, 0.1) is 11.7 Å². The molecular weight excluding hydrogens is 289 g/mol. The Morgan fingerprint density at radius 2 is 2.05 bits per heavy atom. The molecule has 1 aliphatic carbocycles. The van der Waals surface area contributed by atoms with Crippen LogP contribution in [0.3, 0.4) is 0 Å². The molecule has 0 radical (unpaired) electrons. The van der Waals surface area contributed by atoms with E-state index in [1.807, 2.05) is 6.92 Å². The first kappa shape index (κ1) is 16.7. The van der Waals surface area contributed by atoms with Crippen molar-refractivity contribution in [1.29, 1.82) is 0 Å². The van der Waals surface area contributed by atoms with Crippen molar-refractivity contribution in [3.63, 3.8) is 0 Å². The first-order valence-electron chi connectivity index (χ1n) is 7.93. The van der Waals surface area contributed by atoms with Crippen molar-refractivity contribution in [3.8, 4) is 0 Å². The molecule has 0 amide bonds. The molecule has 0 saturated heterocycles. The van der Waals surface area contributed by atoms with Crippen LogP contribution in [0.25, 0.3) is 0 Å². The predicted octanol–water partition coefficient (Wildman–Crippen LogP) is 4.33. The number of halogens is 2. The van der Waals surface area contributed by atoms with Gasteiger partial charge in [-0.3, -0.25) is 0 Å². The molecule has 1 aromatic rings. The lowest BCUT2D eigenvalue weighted by Gasteiger charge is -2.34. The van der Waals surface area contributed by atoms with Crippen LogP contribution in [0.1, 0.15) is 44.6 Å². The maximum absolute atomic E-state index is 14.0. The van der Waals surface area contributed by atoms with Crippen molar-refractivity contribution >= 4 is 11.6 Å². The lowest BCUT2D eigenvalue weighted by molar-refractivity contribution is -0.00925. The van der Waals surface area contributed by atoms with Gasteiger partial charge in [0.2, 0.25) is 0 Å². The molecule has 1 saturated carbocycles. The van der Waals surface area contributed by atoms with Crippen LogP contribution in [-0.2, 0) is 11.2 Å². The van der Waals surface area contributed by atoms with Gasteiger partial charge in [-0.2, -0.15) is 0 Å². The molecule has 0 heterocycles. The van der Waals surface area contributed by atoms with E-state index in [9.17, 15) is 4.39 Å². The molecule has 0 aliphatic heterocycles. The standard InChI is InChI=1S/C17H25ClFNO/c1-2-21-17(12-7-4-3-5-8-12)15(20)11-13-9-6-10-14(18)16(13)19/h6,9-10,12,15,17H,2-5,7-8,11,20H2,1H3. The van der Waals surface area contributed by atoms with Crippen LogP contribution < -0.4 is 5.73 Å². The maximum Gasteiger partial charge on any atom is 0.145 e. The highest BCUT2D eigenvalue weighted by Crippen LogP contribution is 2.30. The predicted molar refractivity (Wildman–Crippen MR) is 85.1 cm³/mol. The van der Waals surface area contributed by atoms with Gasteiger partial charge in [-0.15, -0.1) is 0 Å². The summed E-state index contributed by atoms with van der Waals surface area (Å²) in [5.41, 5.74) is 6.93. The lowest BCUT2D eigenvalue weighted by Crippen LogP contribution is -2.44. The van der Waals surface area contributed by atoms with Gasteiger partial charge < -0.3 is 10.5 Å². The number of hydrogen-bond donors (Lipinski definition) is 1. The molecule has 2 atom stereocenters. The van der Waals surface area contributed by atoms with Gasteiger partial charge in [0.15, 0.2) is 0 Å². The quantitative estimate of drug-likeness (QED) is 0.848. The summed E-state index contributed by atoms with van der Waals surface area (Å²) in [5, 5.41) is 0.158. The van der Waals surface area contributed by atoms with Gasteiger partial charge in [0.05, 0.1) is 11.1 Å². The number of hydrogen-bond acceptors (Lipinski definition) is 2. The van der Waals surface area contributed by atoms with Gasteiger partial charge in [-0.1, -0.05) is 43.0 Å². The Hall–Kier alpha value is -0.640. The van der Waals surface area contributed by atoms with Crippen molar-refractivity contribution in [2.45, 2.75) is 57.6 Å². The van der Waals surface area contributed by atoms with E-state index in [0.29, 0.717) is 24.5 Å². The second-order valence-electron chi connectivity index (χ2n) is 5.90. The average Bonchev–Trinajstić information content (AvgIpc) is 2.50. The van der Waals surface area contributed by atoms with Gasteiger partial charge in [0.1, 0.15) is 5.82 Å². The summed E-state index contributed by atoms with van der Waals surface area (Å²) in [5.74, 6) is 0.143. The van der Waals surface area contributed by atoms with Crippen molar-refractivity contribution in [3.05, 3.63) is 34.6 Å². The Morgan fingerprint density at radius 3 is 2.71 bits per heavy atom. The van der Waals surface area contributed by atoms with Crippen LogP contribution in [-0.4, -0.2) is 18.8 Å². The molecule has 118 valence electrons. The SMILES string of the molecule is CCOC(C(N)Cc1cccc(Cl)c1F)C1CCCCC1. The summed E-state index contributed by atoms with van der Waals surface area (Å²) in [4.78, 5) is 0. The highest BCUT2D eigenvalue weighted by Gasteiger charge is 2.29. The minimum Gasteiger partial charge on any atom is -0.377 e. The van der Waals surface area contributed by atoms with E-state index < -0.39 is 0 Å². The van der Waals surface area contributed by atoms with E-state index in [4.69, 9.17) is 22.1 Å². The van der Waals surface area contributed by atoms with E-state index in [-0.39, 0.29) is 23.0 Å². The molecule has 0 bridgehead atoms. The minimum atomic E-state index is -0.353. The summed E-state index contributed by atoms with van der Waals surface area (Å²) in [6.45, 7) is 2.63. The van der Waals surface area contributed by atoms with E-state index in [2.05, 4.69) is 0 Å². The van der Waals surface area contributed by atoms with E-state index in [0.717, 1.165) is 12.8 Å². The van der Waals surface area contributed by atoms with Crippen LogP contribution in [0.5, 0.6) is 0 Å². The molecule has 2 nitrogen and oxygen atoms in total. The van der Waals surface area contributed by atoms with E-state index in [1.54, 1.807) is 18.2 Å². The first-order chi connectivity index (χ1) is 10.1. The third kappa shape index (κ3) is 4.41. The van der Waals surface area contributed by atoms with Gasteiger partial charge in [-0.25, -0.2) is 4.39 Å². The second kappa shape index (κ2) is 8.11. The van der Waals surface area contributed by atoms with Crippen molar-refractivity contribution in [2.24, 2.45) is 11.7 Å². The van der Waals surface area contributed by atoms with Crippen molar-refractivity contribution in [2.75, 3.05) is 6.61 Å². The molecular formula is C17H25ClFNO. The number of nitrogens with two attached hydrogens (primary N) is 1. The molecule has 21 heavy (non-hydrogen) atoms. The summed E-state index contributed by atoms with van der Waals surface area (Å²) >= 11 is 5.84. The first-order valence-corrected chi connectivity index (χ1v) is 8.31. The molecule has 0 spiro atoms. The van der Waals surface area contributed by atoms with Crippen LogP contribution in [0.4, 0.5) is 4.39 Å². The van der Waals surface area contributed by atoms with E-state index in [1.165, 1.54) is 19.3 Å². The lowest BCUT2D eigenvalue weighted by atomic mass is 9.81. The fourth-order valence-corrected chi connectivity index (χ4v) is 3.53. The molecule has 1 fully saturated rings. The smallest absolute Gasteiger partial charge is 0.145 e. The zero-order valence-electron chi connectivity index (χ0n) is 12.7. The van der Waals surface area contributed by atoms with Gasteiger partial charge in [0.25, 0.3) is 0 Å². The zero-order chi connectivity index (χ0) is 15.2. The third-order valence-electron chi connectivity index (χ3n) is 4.38. The number of benzene rings is 1. The number of ether oxygens (including phenoxy) is 1. The Bertz CT molecular complexity index is 448. The molecule has 1 aromatic carbocycles. The maximum atomic E-state index is 14.0. The Balaban J connectivity index is 2.07. The summed E-state index contributed by atoms with van der Waals surface area (Å²) in [6, 6.07) is 4.89. The van der Waals surface area contributed by atoms with Crippen LogP contribution >= 0.6 is 11.6 Å². The highest BCUT2D eigenvalue weighted by molar-refractivity contribution is 6.30. The summed E-state index contributed by atoms with van der Waals surface area (Å²) < 4.78 is 19.9. The topological polar surface area (TPSA) is 35.2 Å². The fraction of sp³-hybridized carbons (Fsp3) is 0.647. The van der Waals surface area contributed by atoms with Gasteiger partial charge >= 0.3 is 0 Å². The number of rotatable bonds is 6. The van der Waals surface area contributed by atoms with Crippen LogP contribution in [0.15, 0.2) is 18.2 Å². The van der Waals surface area contributed by atoms with Gasteiger partial charge in [0, 0.05) is 12.6 Å². The van der Waals surface area contributed by atoms with E-state index >= 15 is 0 Å². The summed E-state index contributed by atoms with van der Waals surface area (Å²) in [6.07, 6.45) is 6.58. The average molecular weight is 314 g/mol. The van der Waals surface area contributed by atoms with Crippen LogP contribution in [0.2, 0.25) is 5.02 Å². The zero-order valence-corrected chi connectivity index (χ0v) is 13.4. The molecule has 4 heteroatoms. The Labute approximate surface area is 131 Å². The van der Waals surface area contributed by atoms with Crippen molar-refractivity contribution in [1.82, 2.24) is 0 Å².